The third-order valence-electron chi connectivity index (χ3n) is 14.6. The molecule has 73 heavy (non-hydrogen) atoms. The van der Waals surface area contributed by atoms with Crippen molar-refractivity contribution in [3.05, 3.63) is 0 Å². The van der Waals surface area contributed by atoms with E-state index < -0.39 is 0 Å². The van der Waals surface area contributed by atoms with Crippen molar-refractivity contribution in [2.75, 3.05) is 125 Å². The second-order valence-corrected chi connectivity index (χ2v) is 20.7. The average molecular weight is 1040 g/mol. The molecule has 0 bridgehead atoms. The monoisotopic (exact) mass is 1040 g/mol. The highest BCUT2D eigenvalue weighted by atomic mass is 16.5. The Labute approximate surface area is 450 Å². The molecule has 0 saturated carbocycles. The number of ether oxygens (including phenoxy) is 4. The molecule has 0 saturated heterocycles. The van der Waals surface area contributed by atoms with Crippen LogP contribution in [0.4, 0.5) is 0 Å². The fraction of sp³-hybridized carbons (Fsp3) is 0.933. The molecule has 0 aliphatic carbocycles. The molecule has 0 radical (unpaired) electrons. The van der Waals surface area contributed by atoms with Gasteiger partial charge in [0.05, 0.1) is 52.6 Å². The number of hydrogen-bond donors (Lipinski definition) is 0. The summed E-state index contributed by atoms with van der Waals surface area (Å²) in [5, 5.41) is 0. The van der Waals surface area contributed by atoms with Crippen molar-refractivity contribution in [2.24, 2.45) is 0 Å². The van der Waals surface area contributed by atoms with Crippen LogP contribution < -0.4 is 0 Å². The fourth-order valence-corrected chi connectivity index (χ4v) is 9.20. The van der Waals surface area contributed by atoms with Gasteiger partial charge < -0.3 is 43.4 Å². The number of nitrogens with zero attached hydrogens (tertiary/aromatic N) is 5. The lowest BCUT2D eigenvalue weighted by Crippen LogP contribution is -2.43. The van der Waals surface area contributed by atoms with E-state index in [1.807, 2.05) is 0 Å². The first-order chi connectivity index (χ1) is 35.6. The molecule has 0 amide bonds. The molecule has 0 N–H and O–H groups in total. The number of esters is 4. The van der Waals surface area contributed by atoms with E-state index in [0.717, 1.165) is 111 Å². The van der Waals surface area contributed by atoms with E-state index in [1.165, 1.54) is 142 Å². The number of carbonyl (C=O) groups excluding carboxylic acids is 4. The normalized spacial score (nSPS) is 11.7. The third-order valence-corrected chi connectivity index (χ3v) is 14.6. The number of methoxy groups -OCH3 is 1. The summed E-state index contributed by atoms with van der Waals surface area (Å²) in [4.78, 5) is 62.3. The van der Waals surface area contributed by atoms with Gasteiger partial charge in [-0.05, 0) is 38.9 Å². The van der Waals surface area contributed by atoms with Crippen LogP contribution in [0.2, 0.25) is 0 Å². The van der Waals surface area contributed by atoms with Crippen LogP contribution in [0.3, 0.4) is 0 Å². The first-order valence-corrected chi connectivity index (χ1v) is 30.8. The second-order valence-electron chi connectivity index (χ2n) is 20.7. The summed E-state index contributed by atoms with van der Waals surface area (Å²) in [6.07, 6.45) is 34.4. The molecule has 0 aromatic carbocycles. The molecule has 13 heteroatoms. The second kappa shape index (κ2) is 54.5. The Bertz CT molecular complexity index is 1210. The number of unbranched alkanes of at least 4 members (excludes halogenated alkanes) is 24. The highest BCUT2D eigenvalue weighted by Gasteiger charge is 2.17. The van der Waals surface area contributed by atoms with Gasteiger partial charge in [-0.15, -0.1) is 0 Å². The summed E-state index contributed by atoms with van der Waals surface area (Å²) in [7, 11) is 1.42. The number of hydrogen-bond acceptors (Lipinski definition) is 13. The molecule has 13 nitrogen and oxygen atoms in total. The molecule has 0 spiro atoms. The fourth-order valence-electron chi connectivity index (χ4n) is 9.20. The quantitative estimate of drug-likeness (QED) is 0.0327. The minimum Gasteiger partial charge on any atom is -0.469 e. The summed E-state index contributed by atoms with van der Waals surface area (Å²) in [5.41, 5.74) is 0. The topological polar surface area (TPSA) is 121 Å². The van der Waals surface area contributed by atoms with Crippen LogP contribution in [0.25, 0.3) is 0 Å². The van der Waals surface area contributed by atoms with Gasteiger partial charge in [0.15, 0.2) is 0 Å². The zero-order valence-electron chi connectivity index (χ0n) is 49.2. The highest BCUT2D eigenvalue weighted by molar-refractivity contribution is 5.70. The van der Waals surface area contributed by atoms with Crippen LogP contribution in [0.1, 0.15) is 241 Å². The van der Waals surface area contributed by atoms with Gasteiger partial charge in [-0.1, -0.05) is 196 Å². The first kappa shape index (κ1) is 70.7. The standard InChI is InChI=1S/C60H119N5O8/c1-8-14-17-20-23-26-29-32-35-54-71-58(67)39-43-64(42-38-57(66)70-7)52-50-62(12-5)48-46-61(11-4)47-49-63(13-6)51-53-65(44-40-59(68)72-55-36-33-30-27-24-21-18-15-9-2)45-41-60(69)73-56-37-34-31-28-25-22-19-16-10-3/h8-56H2,1-7H3. The van der Waals surface area contributed by atoms with Gasteiger partial charge in [-0.3, -0.25) is 19.2 Å². The molecule has 0 aromatic heterocycles. The van der Waals surface area contributed by atoms with E-state index in [0.29, 0.717) is 71.7 Å². The van der Waals surface area contributed by atoms with E-state index >= 15 is 0 Å². The molecule has 0 aliphatic heterocycles. The third kappa shape index (κ3) is 47.8. The van der Waals surface area contributed by atoms with Gasteiger partial charge in [0, 0.05) is 78.5 Å². The van der Waals surface area contributed by atoms with E-state index in [9.17, 15) is 19.2 Å². The molecule has 432 valence electrons. The molecule has 0 fully saturated rings. The lowest BCUT2D eigenvalue weighted by molar-refractivity contribution is -0.145. The zero-order chi connectivity index (χ0) is 53.7. The Morgan fingerprint density at radius 2 is 0.466 bits per heavy atom. The molecule has 0 heterocycles. The first-order valence-electron chi connectivity index (χ1n) is 30.8. The predicted octanol–water partition coefficient (Wildman–Crippen LogP) is 12.5. The van der Waals surface area contributed by atoms with Crippen LogP contribution in [-0.2, 0) is 38.1 Å². The summed E-state index contributed by atoms with van der Waals surface area (Å²) >= 11 is 0. The molecular weight excluding hydrogens is 919 g/mol. The minimum atomic E-state index is -0.239. The Morgan fingerprint density at radius 1 is 0.260 bits per heavy atom. The van der Waals surface area contributed by atoms with Crippen LogP contribution in [0.5, 0.6) is 0 Å². The van der Waals surface area contributed by atoms with Crippen LogP contribution >= 0.6 is 0 Å². The lowest BCUT2D eigenvalue weighted by atomic mass is 10.1. The minimum absolute atomic E-state index is 0.155. The zero-order valence-corrected chi connectivity index (χ0v) is 49.2. The van der Waals surface area contributed by atoms with Crippen molar-refractivity contribution >= 4 is 23.9 Å². The largest absolute Gasteiger partial charge is 0.469 e. The van der Waals surface area contributed by atoms with Gasteiger partial charge in [-0.2, -0.15) is 0 Å². The average Bonchev–Trinajstić information content (AvgIpc) is 3.40. The Morgan fingerprint density at radius 3 is 0.685 bits per heavy atom. The van der Waals surface area contributed by atoms with Gasteiger partial charge in [-0.25, -0.2) is 0 Å². The van der Waals surface area contributed by atoms with E-state index in [1.54, 1.807) is 0 Å². The summed E-state index contributed by atoms with van der Waals surface area (Å²) < 4.78 is 21.8. The molecule has 0 aromatic rings. The molecule has 0 atom stereocenters. The van der Waals surface area contributed by atoms with Gasteiger partial charge in [0.1, 0.15) is 0 Å². The van der Waals surface area contributed by atoms with Crippen LogP contribution in [0.15, 0.2) is 0 Å². The molecule has 0 unspecified atom stereocenters. The van der Waals surface area contributed by atoms with E-state index in [4.69, 9.17) is 18.9 Å². The van der Waals surface area contributed by atoms with Crippen molar-refractivity contribution in [2.45, 2.75) is 241 Å². The molecular formula is C60H119N5O8. The van der Waals surface area contributed by atoms with E-state index in [2.05, 4.69) is 66.0 Å². The van der Waals surface area contributed by atoms with Crippen molar-refractivity contribution in [1.29, 1.82) is 0 Å². The number of rotatable bonds is 57. The van der Waals surface area contributed by atoms with Crippen molar-refractivity contribution < 1.29 is 38.1 Å². The van der Waals surface area contributed by atoms with Gasteiger partial charge in [0.25, 0.3) is 0 Å². The predicted molar refractivity (Wildman–Crippen MR) is 304 cm³/mol. The highest BCUT2D eigenvalue weighted by Crippen LogP contribution is 2.13. The summed E-state index contributed by atoms with van der Waals surface area (Å²) in [5.74, 6) is -0.714. The Balaban J connectivity index is 5.05. The van der Waals surface area contributed by atoms with E-state index in [-0.39, 0.29) is 23.9 Å². The Kier molecular flexibility index (Phi) is 52.7. The maximum absolute atomic E-state index is 12.9. The van der Waals surface area contributed by atoms with Crippen molar-refractivity contribution in [3.63, 3.8) is 0 Å². The lowest BCUT2D eigenvalue weighted by Gasteiger charge is -2.31. The van der Waals surface area contributed by atoms with Crippen LogP contribution in [0, 0.1) is 0 Å². The van der Waals surface area contributed by atoms with Gasteiger partial charge >= 0.3 is 23.9 Å². The smallest absolute Gasteiger partial charge is 0.307 e. The summed E-state index contributed by atoms with van der Waals surface area (Å²) in [6, 6.07) is 0. The van der Waals surface area contributed by atoms with Crippen molar-refractivity contribution in [3.8, 4) is 0 Å². The Hall–Kier alpha value is -2.32. The van der Waals surface area contributed by atoms with Crippen molar-refractivity contribution in [1.82, 2.24) is 24.5 Å². The maximum atomic E-state index is 12.9. The number of carbonyl (C=O) groups is 4. The maximum Gasteiger partial charge on any atom is 0.307 e. The summed E-state index contributed by atoms with van der Waals surface area (Å²) in [6.45, 7) is 26.8. The SMILES string of the molecule is CCCCCCCCCCCOC(=O)CCN(CCC(=O)OC)CCN(CC)CCN(CC)CCN(CC)CCN(CCC(=O)OCCCCCCCCCCC)CCC(=O)OCCCCCCCCCCC. The van der Waals surface area contributed by atoms with Crippen LogP contribution in [-0.4, -0.2) is 173 Å². The number of likely N-dealkylation sites (N-methyl/N-ethyl adjacent to an activating group) is 3. The molecule has 0 rings (SSSR count). The van der Waals surface area contributed by atoms with Gasteiger partial charge in [0.2, 0.25) is 0 Å². The molecule has 0 aliphatic rings.